The highest BCUT2D eigenvalue weighted by Crippen LogP contribution is 2.23. The second-order valence-electron chi connectivity index (χ2n) is 6.61. The summed E-state index contributed by atoms with van der Waals surface area (Å²) in [4.78, 5) is 0. The molecule has 0 aromatic heterocycles. The van der Waals surface area contributed by atoms with Gasteiger partial charge in [0.05, 0.1) is 0 Å². The zero-order valence-corrected chi connectivity index (χ0v) is 17.1. The highest BCUT2D eigenvalue weighted by molar-refractivity contribution is 7.48. The van der Waals surface area contributed by atoms with Gasteiger partial charge in [0.1, 0.15) is 0 Å². The molecular weight excluding hydrogens is 314 g/mol. The van der Waals surface area contributed by atoms with Crippen molar-refractivity contribution < 1.29 is 0 Å². The molecule has 2 aromatic carbocycles. The van der Waals surface area contributed by atoms with Crippen LogP contribution < -0.4 is 10.6 Å². The fourth-order valence-corrected chi connectivity index (χ4v) is 5.88. The molecule has 0 nitrogen and oxygen atoms in total. The standard InChI is InChI=1S/C21H28P2/c1-14-10-16(3)20(17(4)11-14)22-8-7-9-23-21-18(5)12-15(2)13-19(21)6/h10-13H,7-9H2,1-6H3/q-2. The van der Waals surface area contributed by atoms with Gasteiger partial charge in [0, 0.05) is 0 Å². The van der Waals surface area contributed by atoms with Crippen LogP contribution in [0.3, 0.4) is 0 Å². The van der Waals surface area contributed by atoms with Crippen molar-refractivity contribution in [2.24, 2.45) is 0 Å². The highest BCUT2D eigenvalue weighted by Gasteiger charge is 1.95. The SMILES string of the molecule is Cc1cc(C)c([P-]CCC[P-]c2c(C)cc(C)cc2C)c(C)c1. The molecule has 0 saturated heterocycles. The molecule has 0 atom stereocenters. The van der Waals surface area contributed by atoms with Gasteiger partial charge in [-0.2, -0.15) is 22.9 Å². The molecule has 2 aromatic rings. The average Bonchev–Trinajstić information content (AvgIpc) is 2.42. The number of rotatable bonds is 6. The van der Waals surface area contributed by atoms with Gasteiger partial charge in [-0.3, -0.25) is 0 Å². The summed E-state index contributed by atoms with van der Waals surface area (Å²) >= 11 is 0. The summed E-state index contributed by atoms with van der Waals surface area (Å²) in [5.41, 5.74) is 8.56. The Bertz CT molecular complexity index is 581. The van der Waals surface area contributed by atoms with Crippen molar-refractivity contribution in [1.82, 2.24) is 0 Å². The molecule has 0 radical (unpaired) electrons. The lowest BCUT2D eigenvalue weighted by Crippen LogP contribution is -2.08. The molecule has 0 aliphatic rings. The van der Waals surface area contributed by atoms with E-state index in [1.807, 2.05) is 0 Å². The van der Waals surface area contributed by atoms with Gasteiger partial charge in [-0.1, -0.05) is 57.6 Å². The van der Waals surface area contributed by atoms with Gasteiger partial charge in [-0.15, -0.1) is 6.42 Å². The van der Waals surface area contributed by atoms with E-state index in [4.69, 9.17) is 0 Å². The number of aryl methyl sites for hydroxylation is 6. The Morgan fingerprint density at radius 1 is 0.565 bits per heavy atom. The normalized spacial score (nSPS) is 12.1. The van der Waals surface area contributed by atoms with E-state index in [1.165, 1.54) is 79.9 Å². The summed E-state index contributed by atoms with van der Waals surface area (Å²) in [7, 11) is 2.98. The summed E-state index contributed by atoms with van der Waals surface area (Å²) in [6.45, 7) is 13.4. The maximum atomic E-state index is 2.31. The van der Waals surface area contributed by atoms with Gasteiger partial charge in [0.2, 0.25) is 0 Å². The number of benzene rings is 2. The third kappa shape index (κ3) is 5.14. The van der Waals surface area contributed by atoms with Gasteiger partial charge >= 0.3 is 0 Å². The van der Waals surface area contributed by atoms with Crippen molar-refractivity contribution in [3.63, 3.8) is 0 Å². The molecule has 0 heterocycles. The second-order valence-corrected chi connectivity index (χ2v) is 9.03. The highest BCUT2D eigenvalue weighted by atomic mass is 31.1. The van der Waals surface area contributed by atoms with Crippen LogP contribution in [0, 0.1) is 41.5 Å². The first-order valence-corrected chi connectivity index (χ1v) is 10.5. The second kappa shape index (κ2) is 8.41. The van der Waals surface area contributed by atoms with E-state index in [9.17, 15) is 0 Å². The first kappa shape index (κ1) is 18.6. The smallest absolute Gasteiger partial charge is 0.0398 e. The maximum Gasteiger partial charge on any atom is -0.0398 e. The van der Waals surface area contributed by atoms with Gasteiger partial charge in [-0.05, 0) is 41.5 Å². The van der Waals surface area contributed by atoms with Crippen LogP contribution in [0.1, 0.15) is 39.8 Å². The summed E-state index contributed by atoms with van der Waals surface area (Å²) in [6, 6.07) is 9.25. The molecule has 2 rings (SSSR count). The van der Waals surface area contributed by atoms with Crippen LogP contribution in [-0.4, -0.2) is 12.3 Å². The summed E-state index contributed by atoms with van der Waals surface area (Å²) < 4.78 is 0. The Morgan fingerprint density at radius 2 is 0.870 bits per heavy atom. The van der Waals surface area contributed by atoms with Crippen LogP contribution in [0.4, 0.5) is 0 Å². The lowest BCUT2D eigenvalue weighted by atomic mass is 10.1. The zero-order valence-electron chi connectivity index (χ0n) is 15.3. The summed E-state index contributed by atoms with van der Waals surface area (Å²) in [5.74, 6) is 0. The Hall–Kier alpha value is -0.700. The molecule has 0 bridgehead atoms. The van der Waals surface area contributed by atoms with Crippen LogP contribution in [0.25, 0.3) is 0 Å². The van der Waals surface area contributed by atoms with E-state index in [2.05, 4.69) is 65.8 Å². The van der Waals surface area contributed by atoms with E-state index in [-0.39, 0.29) is 0 Å². The Kier molecular flexibility index (Phi) is 6.82. The molecule has 0 unspecified atom stereocenters. The third-order valence-corrected chi connectivity index (χ3v) is 7.25. The van der Waals surface area contributed by atoms with Gasteiger partial charge in [0.25, 0.3) is 0 Å². The molecule has 0 saturated carbocycles. The third-order valence-electron chi connectivity index (χ3n) is 4.13. The molecule has 2 heteroatoms. The van der Waals surface area contributed by atoms with Crippen LogP contribution in [-0.2, 0) is 0 Å². The van der Waals surface area contributed by atoms with E-state index in [1.54, 1.807) is 0 Å². The van der Waals surface area contributed by atoms with Crippen molar-refractivity contribution in [2.45, 2.75) is 48.0 Å². The quantitative estimate of drug-likeness (QED) is 0.462. The molecule has 124 valence electrons. The van der Waals surface area contributed by atoms with Gasteiger partial charge in [0.15, 0.2) is 0 Å². The fraction of sp³-hybridized carbons (Fsp3) is 0.429. The fourth-order valence-electron chi connectivity index (χ4n) is 3.30. The minimum atomic E-state index is 1.27. The largest absolute Gasteiger partial charge is 0.506 e. The lowest BCUT2D eigenvalue weighted by molar-refractivity contribution is 1.12. The number of hydrogen-bond donors (Lipinski definition) is 0. The van der Waals surface area contributed by atoms with Gasteiger partial charge < -0.3 is 17.2 Å². The molecule has 0 aliphatic heterocycles. The van der Waals surface area contributed by atoms with Crippen LogP contribution in [0.15, 0.2) is 24.3 Å². The molecule has 0 fully saturated rings. The molecule has 0 amide bonds. The zero-order chi connectivity index (χ0) is 17.0. The molecule has 0 N–H and O–H groups in total. The van der Waals surface area contributed by atoms with Crippen molar-refractivity contribution in [1.29, 1.82) is 0 Å². The van der Waals surface area contributed by atoms with Crippen molar-refractivity contribution >= 4 is 27.8 Å². The predicted octanol–water partition coefficient (Wildman–Crippen LogP) is 5.77. The number of hydrogen-bond acceptors (Lipinski definition) is 0. The molecule has 0 spiro atoms. The van der Waals surface area contributed by atoms with Crippen molar-refractivity contribution in [3.05, 3.63) is 57.6 Å². The van der Waals surface area contributed by atoms with Crippen LogP contribution in [0.2, 0.25) is 0 Å². The Balaban J connectivity index is 1.85. The molecular formula is C21H28P2-2. The first-order chi connectivity index (χ1) is 10.9. The minimum absolute atomic E-state index is 1.27. The Morgan fingerprint density at radius 3 is 1.17 bits per heavy atom. The van der Waals surface area contributed by atoms with Crippen molar-refractivity contribution in [2.75, 3.05) is 12.3 Å². The van der Waals surface area contributed by atoms with E-state index < -0.39 is 0 Å². The van der Waals surface area contributed by atoms with Gasteiger partial charge in [-0.25, -0.2) is 0 Å². The van der Waals surface area contributed by atoms with E-state index >= 15 is 0 Å². The van der Waals surface area contributed by atoms with Crippen LogP contribution in [0.5, 0.6) is 0 Å². The summed E-state index contributed by atoms with van der Waals surface area (Å²) in [6.07, 6.45) is 3.83. The lowest BCUT2D eigenvalue weighted by Gasteiger charge is -2.28. The predicted molar refractivity (Wildman–Crippen MR) is 109 cm³/mol. The average molecular weight is 342 g/mol. The minimum Gasteiger partial charge on any atom is -0.506 e. The molecule has 23 heavy (non-hydrogen) atoms. The van der Waals surface area contributed by atoms with E-state index in [0.29, 0.717) is 0 Å². The van der Waals surface area contributed by atoms with Crippen LogP contribution >= 0.6 is 17.2 Å². The Labute approximate surface area is 146 Å². The van der Waals surface area contributed by atoms with Crippen molar-refractivity contribution in [3.8, 4) is 0 Å². The molecule has 0 aliphatic carbocycles. The van der Waals surface area contributed by atoms with E-state index in [0.717, 1.165) is 0 Å². The monoisotopic (exact) mass is 342 g/mol. The summed E-state index contributed by atoms with van der Waals surface area (Å²) in [5, 5.41) is 3.07. The topological polar surface area (TPSA) is 0 Å². The first-order valence-electron chi connectivity index (χ1n) is 8.39. The maximum absolute atomic E-state index is 2.31.